The molecule has 1 N–H and O–H groups in total. The third-order valence-corrected chi connectivity index (χ3v) is 5.71. The first-order valence-corrected chi connectivity index (χ1v) is 10.6. The van der Waals surface area contributed by atoms with Crippen molar-refractivity contribution >= 4 is 35.2 Å². The van der Waals surface area contributed by atoms with Gasteiger partial charge < -0.3 is 5.32 Å². The molecule has 0 aliphatic rings. The first-order valence-electron chi connectivity index (χ1n) is 9.75. The van der Waals surface area contributed by atoms with Gasteiger partial charge in [-0.3, -0.25) is 19.0 Å². The predicted molar refractivity (Wildman–Crippen MR) is 121 cm³/mol. The van der Waals surface area contributed by atoms with E-state index in [4.69, 9.17) is 0 Å². The molecule has 0 spiro atoms. The van der Waals surface area contributed by atoms with Gasteiger partial charge >= 0.3 is 0 Å². The van der Waals surface area contributed by atoms with E-state index in [0.717, 1.165) is 16.7 Å². The average Bonchev–Trinajstić information content (AvgIpc) is 2.99. The Morgan fingerprint density at radius 2 is 1.77 bits per heavy atom. The third kappa shape index (κ3) is 5.02. The Kier molecular flexibility index (Phi) is 6.79. The van der Waals surface area contributed by atoms with Crippen molar-refractivity contribution < 1.29 is 9.59 Å². The molecule has 0 saturated carbocycles. The second-order valence-electron chi connectivity index (χ2n) is 7.03. The highest BCUT2D eigenvalue weighted by Gasteiger charge is 2.12. The molecular weight excluding hydrogens is 396 g/mol. The fourth-order valence-electron chi connectivity index (χ4n) is 3.04. The van der Waals surface area contributed by atoms with Crippen molar-refractivity contribution in [3.8, 4) is 0 Å². The number of amides is 1. The zero-order valence-electron chi connectivity index (χ0n) is 17.3. The van der Waals surface area contributed by atoms with Crippen molar-refractivity contribution in [1.29, 1.82) is 0 Å². The van der Waals surface area contributed by atoms with E-state index in [1.165, 1.54) is 22.0 Å². The number of hydrogen-bond acceptors (Lipinski definition) is 4. The molecule has 0 atom stereocenters. The molecule has 0 radical (unpaired) electrons. The van der Waals surface area contributed by atoms with Gasteiger partial charge in [0, 0.05) is 18.2 Å². The van der Waals surface area contributed by atoms with Gasteiger partial charge in [-0.25, -0.2) is 0 Å². The summed E-state index contributed by atoms with van der Waals surface area (Å²) in [5.74, 6) is -0.460. The molecule has 0 aliphatic heterocycles. The first kappa shape index (κ1) is 21.5. The maximum absolute atomic E-state index is 13.0. The topological polar surface area (TPSA) is 68.2 Å². The van der Waals surface area contributed by atoms with Gasteiger partial charge in [0.25, 0.3) is 5.56 Å². The van der Waals surface area contributed by atoms with E-state index in [9.17, 15) is 14.4 Å². The van der Waals surface area contributed by atoms with Gasteiger partial charge in [-0.15, -0.1) is 11.3 Å². The highest BCUT2D eigenvalue weighted by Crippen LogP contribution is 2.08. The standard InChI is InChI=1S/C24H24N2O3S/c1-4-25-22(28)15-26-23(14-20(27)19-8-6-5-7-17(19)3)30-21(24(26)29)13-18-11-9-16(2)10-12-18/h5-14H,4,15H2,1-3H3,(H,25,28)/b21-13+,23-14-. The maximum Gasteiger partial charge on any atom is 0.269 e. The number of hydrogen-bond donors (Lipinski definition) is 1. The minimum absolute atomic E-state index is 0.127. The number of Topliss-reactive ketones (excluding diaryl/α,β-unsaturated/α-hetero) is 1. The lowest BCUT2D eigenvalue weighted by molar-refractivity contribution is -0.121. The molecule has 3 rings (SSSR count). The number of benzene rings is 2. The average molecular weight is 421 g/mol. The molecule has 1 heterocycles. The van der Waals surface area contributed by atoms with E-state index < -0.39 is 0 Å². The summed E-state index contributed by atoms with van der Waals surface area (Å²) < 4.78 is 2.30. The molecule has 1 amide bonds. The first-order chi connectivity index (χ1) is 14.4. The second-order valence-corrected chi connectivity index (χ2v) is 8.09. The molecule has 6 heteroatoms. The Labute approximate surface area is 179 Å². The summed E-state index contributed by atoms with van der Waals surface area (Å²) >= 11 is 1.21. The summed E-state index contributed by atoms with van der Waals surface area (Å²) in [7, 11) is 0. The van der Waals surface area contributed by atoms with Crippen molar-refractivity contribution in [3.05, 3.63) is 90.3 Å². The molecule has 0 unspecified atom stereocenters. The van der Waals surface area contributed by atoms with Gasteiger partial charge in [0.1, 0.15) is 11.2 Å². The number of likely N-dealkylation sites (N-methyl/N-ethyl adjacent to an activating group) is 1. The summed E-state index contributed by atoms with van der Waals surface area (Å²) in [5, 5.41) is 2.70. The van der Waals surface area contributed by atoms with Crippen LogP contribution in [0.1, 0.15) is 34.0 Å². The lowest BCUT2D eigenvalue weighted by atomic mass is 10.1. The number of nitrogens with one attached hydrogen (secondary N) is 1. The number of aromatic nitrogens is 1. The Morgan fingerprint density at radius 3 is 2.43 bits per heavy atom. The predicted octanol–water partition coefficient (Wildman–Crippen LogP) is 2.15. The maximum atomic E-state index is 13.0. The molecule has 30 heavy (non-hydrogen) atoms. The van der Waals surface area contributed by atoms with E-state index in [1.54, 1.807) is 18.2 Å². The van der Waals surface area contributed by atoms with Gasteiger partial charge in [0.05, 0.1) is 4.53 Å². The summed E-state index contributed by atoms with van der Waals surface area (Å²) in [6.45, 7) is 6.03. The van der Waals surface area contributed by atoms with Crippen molar-refractivity contribution in [2.24, 2.45) is 0 Å². The summed E-state index contributed by atoms with van der Waals surface area (Å²) in [6.07, 6.45) is 3.23. The SMILES string of the molecule is CCNC(=O)Cn1c(=O)/c(=C\c2ccc(C)cc2)s/c1=C\C(=O)c1ccccc1C. The molecule has 1 aromatic heterocycles. The zero-order valence-corrected chi connectivity index (χ0v) is 18.1. The zero-order chi connectivity index (χ0) is 21.7. The molecule has 0 bridgehead atoms. The number of ketones is 1. The molecule has 0 saturated heterocycles. The van der Waals surface area contributed by atoms with E-state index >= 15 is 0 Å². The van der Waals surface area contributed by atoms with E-state index in [2.05, 4.69) is 5.32 Å². The quantitative estimate of drug-likeness (QED) is 0.622. The molecule has 0 aliphatic carbocycles. The molecule has 2 aromatic carbocycles. The van der Waals surface area contributed by atoms with Crippen LogP contribution >= 0.6 is 11.3 Å². The normalized spacial score (nSPS) is 12.2. The van der Waals surface area contributed by atoms with Crippen molar-refractivity contribution in [2.45, 2.75) is 27.3 Å². The highest BCUT2D eigenvalue weighted by molar-refractivity contribution is 7.07. The molecule has 0 fully saturated rings. The van der Waals surface area contributed by atoms with Crippen LogP contribution in [0.5, 0.6) is 0 Å². The van der Waals surface area contributed by atoms with Gasteiger partial charge in [0.2, 0.25) is 5.91 Å². The minimum atomic E-state index is -0.282. The van der Waals surface area contributed by atoms with Gasteiger partial charge in [0.15, 0.2) is 5.78 Å². The Hall–Kier alpha value is -3.25. The lowest BCUT2D eigenvalue weighted by Crippen LogP contribution is -2.38. The fraction of sp³-hybridized carbons (Fsp3) is 0.208. The molecule has 154 valence electrons. The van der Waals surface area contributed by atoms with Crippen LogP contribution in [0.15, 0.2) is 53.3 Å². The molecular formula is C24H24N2O3S. The Bertz CT molecular complexity index is 1250. The van der Waals surface area contributed by atoms with Crippen molar-refractivity contribution in [2.75, 3.05) is 6.54 Å². The number of nitrogens with zero attached hydrogens (tertiary/aromatic N) is 1. The fourth-order valence-corrected chi connectivity index (χ4v) is 4.08. The number of thiazole rings is 1. The van der Waals surface area contributed by atoms with Crippen molar-refractivity contribution in [1.82, 2.24) is 9.88 Å². The van der Waals surface area contributed by atoms with Crippen LogP contribution in [-0.2, 0) is 11.3 Å². The summed E-state index contributed by atoms with van der Waals surface area (Å²) in [4.78, 5) is 38.0. The van der Waals surface area contributed by atoms with E-state index in [-0.39, 0.29) is 23.8 Å². The number of carbonyl (C=O) groups is 2. The molecule has 3 aromatic rings. The largest absolute Gasteiger partial charge is 0.355 e. The minimum Gasteiger partial charge on any atom is -0.355 e. The van der Waals surface area contributed by atoms with Gasteiger partial charge in [-0.2, -0.15) is 0 Å². The number of aryl methyl sites for hydroxylation is 2. The van der Waals surface area contributed by atoms with E-state index in [0.29, 0.717) is 21.3 Å². The van der Waals surface area contributed by atoms with Gasteiger partial charge in [-0.1, -0.05) is 54.1 Å². The third-order valence-electron chi connectivity index (χ3n) is 4.65. The summed E-state index contributed by atoms with van der Waals surface area (Å²) in [6, 6.07) is 15.1. The van der Waals surface area contributed by atoms with Crippen LogP contribution in [-0.4, -0.2) is 22.8 Å². The van der Waals surface area contributed by atoms with Crippen LogP contribution < -0.4 is 20.1 Å². The second kappa shape index (κ2) is 9.50. The van der Waals surface area contributed by atoms with Crippen molar-refractivity contribution in [3.63, 3.8) is 0 Å². The monoisotopic (exact) mass is 420 g/mol. The Morgan fingerprint density at radius 1 is 1.07 bits per heavy atom. The number of carbonyl (C=O) groups excluding carboxylic acids is 2. The van der Waals surface area contributed by atoms with Crippen LogP contribution in [0.2, 0.25) is 0 Å². The number of rotatable bonds is 6. The molecule has 5 nitrogen and oxygen atoms in total. The van der Waals surface area contributed by atoms with E-state index in [1.807, 2.05) is 57.2 Å². The van der Waals surface area contributed by atoms with Crippen LogP contribution in [0.3, 0.4) is 0 Å². The Balaban J connectivity index is 2.14. The lowest BCUT2D eigenvalue weighted by Gasteiger charge is -2.03. The summed E-state index contributed by atoms with van der Waals surface area (Å²) in [5.41, 5.74) is 3.17. The van der Waals surface area contributed by atoms with Crippen LogP contribution in [0, 0.1) is 13.8 Å². The van der Waals surface area contributed by atoms with Crippen LogP contribution in [0.4, 0.5) is 0 Å². The smallest absolute Gasteiger partial charge is 0.269 e. The highest BCUT2D eigenvalue weighted by atomic mass is 32.1. The van der Waals surface area contributed by atoms with Gasteiger partial charge in [-0.05, 0) is 38.0 Å². The van der Waals surface area contributed by atoms with Crippen LogP contribution in [0.25, 0.3) is 12.2 Å².